The lowest BCUT2D eigenvalue weighted by Crippen LogP contribution is -2.38. The van der Waals surface area contributed by atoms with Crippen molar-refractivity contribution in [2.75, 3.05) is 13.2 Å². The molecule has 0 radical (unpaired) electrons. The molecule has 1 aromatic rings. The molecule has 0 amide bonds. The van der Waals surface area contributed by atoms with Gasteiger partial charge in [-0.05, 0) is 39.3 Å². The van der Waals surface area contributed by atoms with E-state index in [9.17, 15) is 22.0 Å². The Balaban J connectivity index is 2.70. The van der Waals surface area contributed by atoms with E-state index in [2.05, 4.69) is 0 Å². The maximum atomic E-state index is 13.5. The molecular formula is C15H21F5O2Si. The molecule has 23 heavy (non-hydrogen) atoms. The fraction of sp³-hybridized carbons (Fsp3) is 0.600. The lowest BCUT2D eigenvalue weighted by Gasteiger charge is -2.25. The van der Waals surface area contributed by atoms with E-state index < -0.39 is 43.2 Å². The van der Waals surface area contributed by atoms with Crippen molar-refractivity contribution in [3.8, 4) is 0 Å². The number of halogens is 5. The van der Waals surface area contributed by atoms with Gasteiger partial charge in [0.05, 0.1) is 0 Å². The third-order valence-corrected chi connectivity index (χ3v) is 6.57. The van der Waals surface area contributed by atoms with E-state index in [4.69, 9.17) is 8.85 Å². The summed E-state index contributed by atoms with van der Waals surface area (Å²) >= 11 is 0. The van der Waals surface area contributed by atoms with Crippen LogP contribution in [0.15, 0.2) is 0 Å². The smallest absolute Gasteiger partial charge is 0.334 e. The van der Waals surface area contributed by atoms with Gasteiger partial charge in [-0.1, -0.05) is 6.42 Å². The first-order valence-electron chi connectivity index (χ1n) is 7.55. The van der Waals surface area contributed by atoms with Gasteiger partial charge in [-0.2, -0.15) is 0 Å². The van der Waals surface area contributed by atoms with Crippen LogP contribution in [0.1, 0.15) is 32.3 Å². The van der Waals surface area contributed by atoms with E-state index in [0.717, 1.165) is 0 Å². The van der Waals surface area contributed by atoms with Gasteiger partial charge < -0.3 is 8.85 Å². The predicted molar refractivity (Wildman–Crippen MR) is 78.8 cm³/mol. The van der Waals surface area contributed by atoms with Crippen LogP contribution in [0.5, 0.6) is 0 Å². The molecule has 0 fully saturated rings. The molecule has 1 aromatic carbocycles. The SMILES string of the molecule is CCO[Si](C)(CCCCc1c(F)c(F)c(F)c(F)c1F)OCC. The van der Waals surface area contributed by atoms with E-state index in [1.54, 1.807) is 0 Å². The van der Waals surface area contributed by atoms with Crippen LogP contribution in [0.4, 0.5) is 22.0 Å². The number of hydrogen-bond acceptors (Lipinski definition) is 2. The molecule has 0 aromatic heterocycles. The molecule has 0 bridgehead atoms. The average Bonchev–Trinajstić information content (AvgIpc) is 2.51. The topological polar surface area (TPSA) is 18.5 Å². The molecule has 0 unspecified atom stereocenters. The van der Waals surface area contributed by atoms with Gasteiger partial charge in [0.25, 0.3) is 0 Å². The van der Waals surface area contributed by atoms with Crippen molar-refractivity contribution in [1.29, 1.82) is 0 Å². The van der Waals surface area contributed by atoms with Crippen LogP contribution in [0, 0.1) is 29.1 Å². The van der Waals surface area contributed by atoms with Crippen LogP contribution in [0.2, 0.25) is 12.6 Å². The van der Waals surface area contributed by atoms with Crippen LogP contribution < -0.4 is 0 Å². The minimum Gasteiger partial charge on any atom is -0.395 e. The van der Waals surface area contributed by atoms with E-state index in [0.29, 0.717) is 25.7 Å². The maximum Gasteiger partial charge on any atom is 0.334 e. The van der Waals surface area contributed by atoms with Crippen molar-refractivity contribution < 1.29 is 30.8 Å². The van der Waals surface area contributed by atoms with Gasteiger partial charge in [-0.3, -0.25) is 0 Å². The highest BCUT2D eigenvalue weighted by molar-refractivity contribution is 6.66. The van der Waals surface area contributed by atoms with Crippen molar-refractivity contribution in [1.82, 2.24) is 0 Å². The van der Waals surface area contributed by atoms with Crippen molar-refractivity contribution in [3.63, 3.8) is 0 Å². The minimum atomic E-state index is -2.34. The zero-order valence-electron chi connectivity index (χ0n) is 13.4. The Morgan fingerprint density at radius 2 is 1.17 bits per heavy atom. The second-order valence-electron chi connectivity index (χ2n) is 5.26. The molecule has 0 aliphatic heterocycles. The molecule has 1 rings (SSSR count). The maximum absolute atomic E-state index is 13.5. The van der Waals surface area contributed by atoms with Crippen molar-refractivity contribution in [2.24, 2.45) is 0 Å². The van der Waals surface area contributed by atoms with Gasteiger partial charge in [0, 0.05) is 18.8 Å². The van der Waals surface area contributed by atoms with Crippen LogP contribution in [-0.4, -0.2) is 21.8 Å². The fourth-order valence-electron chi connectivity index (χ4n) is 2.41. The molecule has 0 aliphatic carbocycles. The Bertz CT molecular complexity index is 504. The van der Waals surface area contributed by atoms with Gasteiger partial charge in [0.1, 0.15) is 0 Å². The molecule has 0 spiro atoms. The van der Waals surface area contributed by atoms with E-state index in [-0.39, 0.29) is 12.8 Å². The Hall–Kier alpha value is -0.993. The third-order valence-electron chi connectivity index (χ3n) is 3.51. The van der Waals surface area contributed by atoms with Gasteiger partial charge >= 0.3 is 8.56 Å². The summed E-state index contributed by atoms with van der Waals surface area (Å²) in [4.78, 5) is 0. The quantitative estimate of drug-likeness (QED) is 0.207. The minimum absolute atomic E-state index is 0.228. The van der Waals surface area contributed by atoms with Gasteiger partial charge in [0.2, 0.25) is 5.82 Å². The summed E-state index contributed by atoms with van der Waals surface area (Å²) in [5.41, 5.74) is -0.766. The number of unbranched alkanes of at least 4 members (excludes halogenated alkanes) is 1. The highest BCUT2D eigenvalue weighted by atomic mass is 28.4. The second kappa shape index (κ2) is 8.75. The first kappa shape index (κ1) is 20.1. The fourth-order valence-corrected chi connectivity index (χ4v) is 4.90. The largest absolute Gasteiger partial charge is 0.395 e. The summed E-state index contributed by atoms with van der Waals surface area (Å²) in [5.74, 6) is -9.44. The number of hydrogen-bond donors (Lipinski definition) is 0. The van der Waals surface area contributed by atoms with Crippen LogP contribution >= 0.6 is 0 Å². The summed E-state index contributed by atoms with van der Waals surface area (Å²) in [6.45, 7) is 6.58. The zero-order chi connectivity index (χ0) is 17.6. The van der Waals surface area contributed by atoms with Crippen LogP contribution in [0.3, 0.4) is 0 Å². The summed E-state index contributed by atoms with van der Waals surface area (Å²) < 4.78 is 77.5. The van der Waals surface area contributed by atoms with Crippen molar-refractivity contribution >= 4 is 8.56 Å². The van der Waals surface area contributed by atoms with E-state index in [1.165, 1.54) is 0 Å². The Labute approximate surface area is 133 Å². The molecular weight excluding hydrogens is 335 g/mol. The highest BCUT2D eigenvalue weighted by Gasteiger charge is 2.30. The Morgan fingerprint density at radius 1 is 0.739 bits per heavy atom. The summed E-state index contributed by atoms with van der Waals surface area (Å²) in [5, 5.41) is 0. The second-order valence-corrected chi connectivity index (χ2v) is 8.60. The predicted octanol–water partition coefficient (Wildman–Crippen LogP) is 4.85. The van der Waals surface area contributed by atoms with Gasteiger partial charge in [0.15, 0.2) is 23.3 Å². The molecule has 0 N–H and O–H groups in total. The van der Waals surface area contributed by atoms with E-state index in [1.807, 2.05) is 20.4 Å². The number of rotatable bonds is 9. The van der Waals surface area contributed by atoms with Gasteiger partial charge in [-0.15, -0.1) is 0 Å². The first-order chi connectivity index (χ1) is 10.8. The van der Waals surface area contributed by atoms with Crippen molar-refractivity contribution in [2.45, 2.75) is 45.7 Å². The third kappa shape index (κ3) is 4.99. The molecule has 8 heteroatoms. The molecule has 132 valence electrons. The molecule has 0 atom stereocenters. The van der Waals surface area contributed by atoms with Crippen molar-refractivity contribution in [3.05, 3.63) is 34.6 Å². The Kier molecular flexibility index (Phi) is 7.63. The molecule has 0 saturated carbocycles. The van der Waals surface area contributed by atoms with E-state index >= 15 is 0 Å². The summed E-state index contributed by atoms with van der Waals surface area (Å²) in [6, 6.07) is 0.587. The molecule has 0 saturated heterocycles. The summed E-state index contributed by atoms with van der Waals surface area (Å²) in [6.07, 6.45) is 0.567. The standard InChI is InChI=1S/C15H21F5O2Si/c1-4-21-23(3,22-5-2)9-7-6-8-10-11(16)13(18)15(20)14(19)12(10)17/h4-9H2,1-3H3. The van der Waals surface area contributed by atoms with Gasteiger partial charge in [-0.25, -0.2) is 22.0 Å². The number of benzene rings is 1. The normalized spacial score (nSPS) is 12.0. The monoisotopic (exact) mass is 356 g/mol. The molecule has 0 heterocycles. The zero-order valence-corrected chi connectivity index (χ0v) is 14.4. The lowest BCUT2D eigenvalue weighted by atomic mass is 10.1. The highest BCUT2D eigenvalue weighted by Crippen LogP contribution is 2.25. The molecule has 0 aliphatic rings. The van der Waals surface area contributed by atoms with Crippen LogP contribution in [0.25, 0.3) is 0 Å². The van der Waals surface area contributed by atoms with Crippen LogP contribution in [-0.2, 0) is 15.3 Å². The summed E-state index contributed by atoms with van der Waals surface area (Å²) in [7, 11) is -2.34. The Morgan fingerprint density at radius 3 is 1.61 bits per heavy atom. The average molecular weight is 356 g/mol. The lowest BCUT2D eigenvalue weighted by molar-refractivity contribution is 0.188. The molecule has 2 nitrogen and oxygen atoms in total. The first-order valence-corrected chi connectivity index (χ1v) is 10.1.